The second-order valence-electron chi connectivity index (χ2n) is 4.76. The van der Waals surface area contributed by atoms with Crippen molar-refractivity contribution in [3.05, 3.63) is 55.8 Å². The predicted octanol–water partition coefficient (Wildman–Crippen LogP) is 2.89. The van der Waals surface area contributed by atoms with Crippen LogP contribution < -0.4 is 5.32 Å². The van der Waals surface area contributed by atoms with Crippen molar-refractivity contribution in [1.29, 1.82) is 0 Å². The van der Waals surface area contributed by atoms with Crippen molar-refractivity contribution in [1.82, 2.24) is 15.5 Å². The van der Waals surface area contributed by atoms with E-state index in [0.29, 0.717) is 26.6 Å². The van der Waals surface area contributed by atoms with Gasteiger partial charge in [-0.3, -0.25) is 4.99 Å². The van der Waals surface area contributed by atoms with E-state index in [0.717, 1.165) is 0 Å². The van der Waals surface area contributed by atoms with Gasteiger partial charge in [0.25, 0.3) is 0 Å². The van der Waals surface area contributed by atoms with Crippen LogP contribution in [0.4, 0.5) is 4.39 Å². The van der Waals surface area contributed by atoms with Gasteiger partial charge in [0.05, 0.1) is 5.57 Å². The van der Waals surface area contributed by atoms with Gasteiger partial charge in [-0.25, -0.2) is 9.18 Å². The predicted molar refractivity (Wildman–Crippen MR) is 86.8 cm³/mol. The van der Waals surface area contributed by atoms with E-state index in [2.05, 4.69) is 36.4 Å². The number of nitrogens with zero attached hydrogens (tertiary/aromatic N) is 3. The summed E-state index contributed by atoms with van der Waals surface area (Å²) in [5.74, 6) is -1.06. The fourth-order valence-electron chi connectivity index (χ4n) is 2.29. The molecule has 0 aliphatic carbocycles. The summed E-state index contributed by atoms with van der Waals surface area (Å²) < 4.78 is 13.8. The summed E-state index contributed by atoms with van der Waals surface area (Å²) in [6.45, 7) is 1.66. The molecule has 0 fully saturated rings. The standard InChI is InChI=1S/C14H10BrFN4O2S/c1-6-10(14(21)22)11(8-3-2-7(16)4-9(8)15)19-12(18-6)13-20-17-5-23-13/h2-5,11H,1H3,(H,18,19)(H,21,22). The van der Waals surface area contributed by atoms with Crippen LogP contribution in [0.15, 0.2) is 44.4 Å². The zero-order valence-corrected chi connectivity index (χ0v) is 14.2. The molecule has 1 unspecified atom stereocenters. The number of halogens is 2. The van der Waals surface area contributed by atoms with Gasteiger partial charge < -0.3 is 10.4 Å². The topological polar surface area (TPSA) is 87.5 Å². The van der Waals surface area contributed by atoms with E-state index in [-0.39, 0.29) is 5.57 Å². The number of hydrogen-bond donors (Lipinski definition) is 2. The molecule has 9 heteroatoms. The van der Waals surface area contributed by atoms with Gasteiger partial charge in [-0.15, -0.1) is 10.2 Å². The number of hydrogen-bond acceptors (Lipinski definition) is 6. The first-order chi connectivity index (χ1) is 11.0. The summed E-state index contributed by atoms with van der Waals surface area (Å²) in [5.41, 5.74) is 2.69. The molecule has 0 amide bonds. The first-order valence-corrected chi connectivity index (χ1v) is 8.15. The number of benzene rings is 1. The molecule has 2 heterocycles. The molecule has 0 radical (unpaired) electrons. The van der Waals surface area contributed by atoms with Gasteiger partial charge in [0.15, 0.2) is 10.8 Å². The number of amidine groups is 1. The van der Waals surface area contributed by atoms with E-state index in [1.54, 1.807) is 12.4 Å². The van der Waals surface area contributed by atoms with Crippen LogP contribution in [0.5, 0.6) is 0 Å². The van der Waals surface area contributed by atoms with Crippen molar-refractivity contribution in [2.75, 3.05) is 0 Å². The second-order valence-corrected chi connectivity index (χ2v) is 6.45. The number of aliphatic carboxylic acids is 1. The van der Waals surface area contributed by atoms with Crippen molar-refractivity contribution in [3.63, 3.8) is 0 Å². The van der Waals surface area contributed by atoms with Crippen molar-refractivity contribution in [3.8, 4) is 0 Å². The Bertz CT molecular complexity index is 835. The highest BCUT2D eigenvalue weighted by molar-refractivity contribution is 9.10. The Morgan fingerprint density at radius 1 is 1.48 bits per heavy atom. The lowest BCUT2D eigenvalue weighted by Crippen LogP contribution is -2.32. The summed E-state index contributed by atoms with van der Waals surface area (Å²) in [4.78, 5) is 16.1. The first kappa shape index (κ1) is 15.8. The lowest BCUT2D eigenvalue weighted by Gasteiger charge is -2.24. The maximum absolute atomic E-state index is 13.3. The molecule has 0 spiro atoms. The summed E-state index contributed by atoms with van der Waals surface area (Å²) >= 11 is 4.57. The Morgan fingerprint density at radius 3 is 2.87 bits per heavy atom. The molecule has 1 aliphatic heterocycles. The molecule has 23 heavy (non-hydrogen) atoms. The molecule has 118 valence electrons. The van der Waals surface area contributed by atoms with Gasteiger partial charge >= 0.3 is 5.97 Å². The summed E-state index contributed by atoms with van der Waals surface area (Å²) in [5, 5.41) is 20.7. The average Bonchev–Trinajstić information content (AvgIpc) is 3.00. The minimum Gasteiger partial charge on any atom is -0.478 e. The monoisotopic (exact) mass is 396 g/mol. The highest BCUT2D eigenvalue weighted by Crippen LogP contribution is 2.35. The van der Waals surface area contributed by atoms with Gasteiger partial charge in [0, 0.05) is 10.2 Å². The quantitative estimate of drug-likeness (QED) is 0.832. The number of rotatable bonds is 3. The lowest BCUT2D eigenvalue weighted by atomic mass is 9.96. The number of carboxylic acid groups (broad SMARTS) is 1. The van der Waals surface area contributed by atoms with Gasteiger partial charge in [0.1, 0.15) is 17.4 Å². The fraction of sp³-hybridized carbons (Fsp3) is 0.143. The Kier molecular flexibility index (Phi) is 4.22. The molecule has 0 bridgehead atoms. The zero-order chi connectivity index (χ0) is 16.6. The first-order valence-electron chi connectivity index (χ1n) is 6.47. The zero-order valence-electron chi connectivity index (χ0n) is 11.7. The Balaban J connectivity index is 2.14. The van der Waals surface area contributed by atoms with Gasteiger partial charge in [-0.2, -0.15) is 0 Å². The number of allylic oxidation sites excluding steroid dienone is 1. The third-order valence-electron chi connectivity index (χ3n) is 3.29. The van der Waals surface area contributed by atoms with Crippen LogP contribution in [0.1, 0.15) is 23.5 Å². The molecule has 3 rings (SSSR count). The highest BCUT2D eigenvalue weighted by Gasteiger charge is 2.31. The minimum absolute atomic E-state index is 0.102. The van der Waals surface area contributed by atoms with Crippen LogP contribution in [-0.4, -0.2) is 27.1 Å². The minimum atomic E-state index is -1.09. The van der Waals surface area contributed by atoms with E-state index in [1.165, 1.54) is 29.5 Å². The molecule has 0 saturated carbocycles. The van der Waals surface area contributed by atoms with E-state index in [9.17, 15) is 14.3 Å². The number of carbonyl (C=O) groups is 1. The normalized spacial score (nSPS) is 17.7. The molecule has 6 nitrogen and oxygen atoms in total. The van der Waals surface area contributed by atoms with Crippen LogP contribution in [0, 0.1) is 5.82 Å². The van der Waals surface area contributed by atoms with Crippen LogP contribution in [0.25, 0.3) is 0 Å². The van der Waals surface area contributed by atoms with Crippen molar-refractivity contribution in [2.45, 2.75) is 13.0 Å². The molecule has 1 aromatic heterocycles. The summed E-state index contributed by atoms with van der Waals surface area (Å²) in [6, 6.07) is 3.30. The second kappa shape index (κ2) is 6.17. The molecule has 2 N–H and O–H groups in total. The molecular weight excluding hydrogens is 387 g/mol. The SMILES string of the molecule is CC1=C(C(=O)O)C(c2ccc(F)cc2Br)N=C(c2nncs2)N1. The smallest absolute Gasteiger partial charge is 0.335 e. The van der Waals surface area contributed by atoms with E-state index in [1.807, 2.05) is 0 Å². The third-order valence-corrected chi connectivity index (χ3v) is 4.68. The lowest BCUT2D eigenvalue weighted by molar-refractivity contribution is -0.133. The van der Waals surface area contributed by atoms with Gasteiger partial charge in [-0.1, -0.05) is 33.3 Å². The molecule has 1 aromatic carbocycles. The largest absolute Gasteiger partial charge is 0.478 e. The number of carboxylic acids is 1. The Labute approximate surface area is 142 Å². The third kappa shape index (κ3) is 3.02. The average molecular weight is 397 g/mol. The maximum Gasteiger partial charge on any atom is 0.335 e. The van der Waals surface area contributed by atoms with Gasteiger partial charge in [-0.05, 0) is 24.6 Å². The number of nitrogens with one attached hydrogen (secondary N) is 1. The van der Waals surface area contributed by atoms with Crippen LogP contribution in [-0.2, 0) is 4.79 Å². The number of aromatic nitrogens is 2. The fourth-order valence-corrected chi connectivity index (χ4v) is 3.36. The van der Waals surface area contributed by atoms with Crippen LogP contribution >= 0.6 is 27.3 Å². The van der Waals surface area contributed by atoms with E-state index < -0.39 is 17.8 Å². The van der Waals surface area contributed by atoms with Gasteiger partial charge in [0.2, 0.25) is 0 Å². The highest BCUT2D eigenvalue weighted by atomic mass is 79.9. The maximum atomic E-state index is 13.3. The molecular formula is C14H10BrFN4O2S. The summed E-state index contributed by atoms with van der Waals surface area (Å²) in [7, 11) is 0. The van der Waals surface area contributed by atoms with Crippen LogP contribution in [0.2, 0.25) is 0 Å². The van der Waals surface area contributed by atoms with E-state index in [4.69, 9.17) is 0 Å². The van der Waals surface area contributed by atoms with Crippen molar-refractivity contribution in [2.24, 2.45) is 4.99 Å². The molecule has 1 atom stereocenters. The van der Waals surface area contributed by atoms with Crippen LogP contribution in [0.3, 0.4) is 0 Å². The molecule has 2 aromatic rings. The number of aliphatic imine (C=N–C) groups is 1. The Morgan fingerprint density at radius 2 is 2.26 bits per heavy atom. The summed E-state index contributed by atoms with van der Waals surface area (Å²) in [6.07, 6.45) is 0. The molecule has 0 saturated heterocycles. The van der Waals surface area contributed by atoms with Crippen molar-refractivity contribution >= 4 is 39.1 Å². The molecule has 1 aliphatic rings. The van der Waals surface area contributed by atoms with E-state index >= 15 is 0 Å². The van der Waals surface area contributed by atoms with Crippen molar-refractivity contribution < 1.29 is 14.3 Å². The Hall–Kier alpha value is -2.13.